The Kier molecular flexibility index (Phi) is 5.51. The molecule has 0 amide bonds. The first-order chi connectivity index (χ1) is 5.17. The molecule has 0 fully saturated rings. The zero-order valence-corrected chi connectivity index (χ0v) is 10.7. The fourth-order valence-corrected chi connectivity index (χ4v) is 1.85. The van der Waals surface area contributed by atoms with Crippen LogP contribution in [-0.2, 0) is 37.3 Å². The van der Waals surface area contributed by atoms with E-state index in [1.807, 2.05) is 6.07 Å². The van der Waals surface area contributed by atoms with E-state index < -0.39 is 7.37 Å². The molecule has 1 aromatic rings. The molecular weight excluding hydrogens is 248 g/mol. The predicted molar refractivity (Wildman–Crippen MR) is 46.4 cm³/mol. The topological polar surface area (TPSA) is 37.3 Å². The summed E-state index contributed by atoms with van der Waals surface area (Å²) in [7, 11) is -3.03. The number of rotatable bonds is 2. The molecule has 63 valence electrons. The van der Waals surface area contributed by atoms with Crippen LogP contribution in [0.1, 0.15) is 6.92 Å². The van der Waals surface area contributed by atoms with Crippen molar-refractivity contribution in [3.05, 3.63) is 30.3 Å². The van der Waals surface area contributed by atoms with E-state index in [2.05, 4.69) is 0 Å². The zero-order valence-electron chi connectivity index (χ0n) is 6.97. The average Bonchev–Trinajstić information content (AvgIpc) is 2.06. The van der Waals surface area contributed by atoms with Gasteiger partial charge in [-0.2, -0.15) is 0 Å². The van der Waals surface area contributed by atoms with Crippen molar-refractivity contribution in [1.29, 1.82) is 0 Å². The van der Waals surface area contributed by atoms with Crippen LogP contribution in [0.15, 0.2) is 30.3 Å². The van der Waals surface area contributed by atoms with Crippen LogP contribution in [0.2, 0.25) is 0 Å². The number of benzene rings is 1. The predicted octanol–water partition coefficient (Wildman–Crippen LogP) is 1.60. The summed E-state index contributed by atoms with van der Waals surface area (Å²) >= 11 is 0. The van der Waals surface area contributed by atoms with Gasteiger partial charge in [-0.3, -0.25) is 4.57 Å². The van der Waals surface area contributed by atoms with Gasteiger partial charge in [0.15, 0.2) is 0 Å². The Bertz CT molecular complexity index is 274. The van der Waals surface area contributed by atoms with E-state index >= 15 is 0 Å². The molecule has 0 saturated heterocycles. The Morgan fingerprint density at radius 3 is 2.25 bits per heavy atom. The first kappa shape index (κ1) is 12.5. The monoisotopic (exact) mass is 259 g/mol. The summed E-state index contributed by atoms with van der Waals surface area (Å²) in [5, 5.41) is 0.544. The summed E-state index contributed by atoms with van der Waals surface area (Å²) in [5.74, 6) is 0. The van der Waals surface area contributed by atoms with E-state index in [1.165, 1.54) is 0 Å². The van der Waals surface area contributed by atoms with Gasteiger partial charge < -0.3 is 4.89 Å². The molecule has 1 radical (unpaired) electrons. The zero-order chi connectivity index (χ0) is 8.32. The van der Waals surface area contributed by atoms with E-state index in [1.54, 1.807) is 31.2 Å². The van der Waals surface area contributed by atoms with Crippen LogP contribution < -0.4 is 5.30 Å². The molecule has 1 N–H and O–H groups in total. The molecule has 0 bridgehead atoms. The molecule has 0 aliphatic heterocycles. The van der Waals surface area contributed by atoms with E-state index in [0.717, 1.165) is 0 Å². The summed E-state index contributed by atoms with van der Waals surface area (Å²) in [6, 6.07) is 8.75. The van der Waals surface area contributed by atoms with Gasteiger partial charge in [-0.15, -0.1) is 0 Å². The van der Waals surface area contributed by atoms with Crippen LogP contribution in [0.3, 0.4) is 0 Å². The molecule has 1 unspecified atom stereocenters. The minimum absolute atomic E-state index is 0. The Morgan fingerprint density at radius 1 is 1.33 bits per heavy atom. The van der Waals surface area contributed by atoms with Gasteiger partial charge >= 0.3 is 0 Å². The van der Waals surface area contributed by atoms with Crippen molar-refractivity contribution >= 4 is 12.7 Å². The molecule has 2 nitrogen and oxygen atoms in total. The number of hydrogen-bond donors (Lipinski definition) is 1. The molecule has 4 heteroatoms. The van der Waals surface area contributed by atoms with Gasteiger partial charge in [0, 0.05) is 44.2 Å². The van der Waals surface area contributed by atoms with E-state index in [-0.39, 0.29) is 32.7 Å². The smallest absolute Gasteiger partial charge is 0.229 e. The minimum atomic E-state index is -3.03. The van der Waals surface area contributed by atoms with Crippen molar-refractivity contribution in [2.45, 2.75) is 6.92 Å². The first-order valence-corrected chi connectivity index (χ1v) is 5.39. The number of hydrogen-bond acceptors (Lipinski definition) is 1. The molecule has 0 aromatic heterocycles. The van der Waals surface area contributed by atoms with Crippen LogP contribution >= 0.6 is 7.37 Å². The van der Waals surface area contributed by atoms with Gasteiger partial charge in [0.1, 0.15) is 0 Å². The largest absolute Gasteiger partial charge is 0.341 e. The van der Waals surface area contributed by atoms with E-state index in [4.69, 9.17) is 0 Å². The summed E-state index contributed by atoms with van der Waals surface area (Å²) < 4.78 is 11.3. The van der Waals surface area contributed by atoms with Crippen LogP contribution in [0.4, 0.5) is 0 Å². The Hall–Kier alpha value is 0.514. The van der Waals surface area contributed by atoms with Crippen molar-refractivity contribution in [1.82, 2.24) is 0 Å². The molecule has 1 aromatic carbocycles. The molecule has 1 atom stereocenters. The SMILES string of the molecule is CCP(=O)(O)c1ccccc1.[Y]. The van der Waals surface area contributed by atoms with Crippen LogP contribution in [0.5, 0.6) is 0 Å². The van der Waals surface area contributed by atoms with Gasteiger partial charge in [0.25, 0.3) is 0 Å². The summed E-state index contributed by atoms with van der Waals surface area (Å²) in [6.07, 6.45) is 0.303. The van der Waals surface area contributed by atoms with Gasteiger partial charge in [0.2, 0.25) is 7.37 Å². The summed E-state index contributed by atoms with van der Waals surface area (Å²) in [6.45, 7) is 1.72. The molecule has 0 aliphatic carbocycles. The van der Waals surface area contributed by atoms with Crippen molar-refractivity contribution in [3.63, 3.8) is 0 Å². The van der Waals surface area contributed by atoms with E-state index in [0.29, 0.717) is 11.5 Å². The second-order valence-electron chi connectivity index (χ2n) is 2.35. The molecule has 0 saturated carbocycles. The van der Waals surface area contributed by atoms with Gasteiger partial charge in [-0.05, 0) is 12.1 Å². The fourth-order valence-electron chi connectivity index (χ4n) is 0.844. The Labute approximate surface area is 97.7 Å². The van der Waals surface area contributed by atoms with Gasteiger partial charge in [-0.1, -0.05) is 25.1 Å². The molecule has 0 spiro atoms. The molecule has 1 rings (SSSR count). The second-order valence-corrected chi connectivity index (χ2v) is 4.91. The molecule has 0 aliphatic rings. The summed E-state index contributed by atoms with van der Waals surface area (Å²) in [4.78, 5) is 9.35. The molecule has 0 heterocycles. The Morgan fingerprint density at radius 2 is 1.83 bits per heavy atom. The van der Waals surface area contributed by atoms with Crippen LogP contribution in [-0.4, -0.2) is 11.1 Å². The van der Waals surface area contributed by atoms with Crippen LogP contribution in [0.25, 0.3) is 0 Å². The third-order valence-electron chi connectivity index (χ3n) is 1.59. The third kappa shape index (κ3) is 3.10. The third-order valence-corrected chi connectivity index (χ3v) is 3.55. The second kappa shape index (κ2) is 5.29. The van der Waals surface area contributed by atoms with Gasteiger partial charge in [0.05, 0.1) is 0 Å². The molecular formula is C8H11O2PY. The van der Waals surface area contributed by atoms with Crippen molar-refractivity contribution in [2.24, 2.45) is 0 Å². The minimum Gasteiger partial charge on any atom is -0.341 e. The molecule has 12 heavy (non-hydrogen) atoms. The van der Waals surface area contributed by atoms with Crippen molar-refractivity contribution < 1.29 is 42.2 Å². The average molecular weight is 259 g/mol. The maximum Gasteiger partial charge on any atom is 0.229 e. The Balaban J connectivity index is 0.00000121. The van der Waals surface area contributed by atoms with Crippen molar-refractivity contribution in [3.8, 4) is 0 Å². The van der Waals surface area contributed by atoms with Crippen molar-refractivity contribution in [2.75, 3.05) is 6.16 Å². The maximum absolute atomic E-state index is 11.3. The van der Waals surface area contributed by atoms with E-state index in [9.17, 15) is 9.46 Å². The standard InChI is InChI=1S/C8H11O2P.Y/c1-2-11(9,10)8-6-4-3-5-7-8;/h3-7H,2H2,1H3,(H,9,10);. The normalized spacial score (nSPS) is 14.5. The quantitative estimate of drug-likeness (QED) is 0.819. The first-order valence-electron chi connectivity index (χ1n) is 3.54. The maximum atomic E-state index is 11.3. The van der Waals surface area contributed by atoms with Gasteiger partial charge in [-0.25, -0.2) is 0 Å². The fraction of sp³-hybridized carbons (Fsp3) is 0.250. The van der Waals surface area contributed by atoms with Crippen LogP contribution in [0, 0.1) is 0 Å². The summed E-state index contributed by atoms with van der Waals surface area (Å²) in [5.41, 5.74) is 0.